The molecule has 0 amide bonds. The average molecular weight is 134 g/mol. The zero-order valence-electron chi connectivity index (χ0n) is 5.84. The Morgan fingerprint density at radius 3 is 3.00 bits per heavy atom. The maximum Gasteiger partial charge on any atom is 0.127 e. The molecule has 2 radical (unpaired) electrons. The predicted molar refractivity (Wildman–Crippen MR) is 40.7 cm³/mol. The molecule has 1 nitrogen and oxygen atoms in total. The Bertz CT molecular complexity index is 169. The van der Waals surface area contributed by atoms with Gasteiger partial charge in [0.2, 0.25) is 0 Å². The van der Waals surface area contributed by atoms with Gasteiger partial charge in [-0.15, -0.1) is 0 Å². The van der Waals surface area contributed by atoms with Crippen molar-refractivity contribution in [1.82, 2.24) is 0 Å². The first kappa shape index (κ1) is 7.13. The summed E-state index contributed by atoms with van der Waals surface area (Å²) < 4.78 is 5.24. The molecule has 0 bridgehead atoms. The van der Waals surface area contributed by atoms with Crippen molar-refractivity contribution < 1.29 is 4.74 Å². The Morgan fingerprint density at radius 2 is 2.40 bits per heavy atom. The van der Waals surface area contributed by atoms with Gasteiger partial charge in [0.15, 0.2) is 0 Å². The third-order valence-corrected chi connectivity index (χ3v) is 1.08. The van der Waals surface area contributed by atoms with Crippen LogP contribution in [0, 0.1) is 13.0 Å². The molecule has 0 atom stereocenters. The molecule has 0 fully saturated rings. The SMILES string of the molecule is [CH2]CCOc1[c]cccc1. The summed E-state index contributed by atoms with van der Waals surface area (Å²) in [5.74, 6) is 0.797. The normalized spacial score (nSPS) is 9.30. The van der Waals surface area contributed by atoms with Crippen LogP contribution in [-0.4, -0.2) is 6.61 Å². The average Bonchev–Trinajstić information content (AvgIpc) is 2.03. The van der Waals surface area contributed by atoms with Gasteiger partial charge in [-0.25, -0.2) is 0 Å². The fourth-order valence-corrected chi connectivity index (χ4v) is 0.649. The van der Waals surface area contributed by atoms with Crippen molar-refractivity contribution in [2.75, 3.05) is 6.61 Å². The molecule has 0 aromatic heterocycles. The Hall–Kier alpha value is -0.980. The van der Waals surface area contributed by atoms with Crippen LogP contribution in [0.5, 0.6) is 5.75 Å². The Kier molecular flexibility index (Phi) is 2.81. The van der Waals surface area contributed by atoms with E-state index in [9.17, 15) is 0 Å². The van der Waals surface area contributed by atoms with Crippen molar-refractivity contribution in [2.24, 2.45) is 0 Å². The van der Waals surface area contributed by atoms with Gasteiger partial charge in [-0.05, 0) is 19.4 Å². The molecule has 0 saturated carbocycles. The maximum absolute atomic E-state index is 5.24. The highest BCUT2D eigenvalue weighted by molar-refractivity contribution is 5.19. The molecule has 1 aromatic rings. The van der Waals surface area contributed by atoms with Crippen LogP contribution in [0.2, 0.25) is 0 Å². The third-order valence-electron chi connectivity index (χ3n) is 1.08. The summed E-state index contributed by atoms with van der Waals surface area (Å²) in [6.07, 6.45) is 0.794. The van der Waals surface area contributed by atoms with Crippen LogP contribution in [-0.2, 0) is 0 Å². The number of hydrogen-bond donors (Lipinski definition) is 0. The smallest absolute Gasteiger partial charge is 0.127 e. The standard InChI is InChI=1S/C9H10O/c1-2-8-10-9-6-4-3-5-7-9/h3-6H,1-2,8H2. The monoisotopic (exact) mass is 134 g/mol. The molecule has 0 N–H and O–H groups in total. The van der Waals surface area contributed by atoms with E-state index in [1.165, 1.54) is 0 Å². The first-order chi connectivity index (χ1) is 4.93. The fourth-order valence-electron chi connectivity index (χ4n) is 0.649. The van der Waals surface area contributed by atoms with Crippen molar-refractivity contribution in [1.29, 1.82) is 0 Å². The second-order valence-electron chi connectivity index (χ2n) is 1.93. The lowest BCUT2D eigenvalue weighted by molar-refractivity contribution is 0.323. The topological polar surface area (TPSA) is 9.23 Å². The minimum Gasteiger partial charge on any atom is -0.493 e. The molecule has 0 aliphatic heterocycles. The van der Waals surface area contributed by atoms with E-state index in [1.807, 2.05) is 24.3 Å². The molecule has 52 valence electrons. The van der Waals surface area contributed by atoms with Gasteiger partial charge in [0.1, 0.15) is 5.75 Å². The summed E-state index contributed by atoms with van der Waals surface area (Å²) in [4.78, 5) is 0. The molecule has 0 saturated heterocycles. The Balaban J connectivity index is 2.43. The lowest BCUT2D eigenvalue weighted by Gasteiger charge is -2.01. The van der Waals surface area contributed by atoms with E-state index in [-0.39, 0.29) is 0 Å². The van der Waals surface area contributed by atoms with Gasteiger partial charge in [-0.2, -0.15) is 0 Å². The van der Waals surface area contributed by atoms with Crippen molar-refractivity contribution >= 4 is 0 Å². The van der Waals surface area contributed by atoms with E-state index in [0.717, 1.165) is 12.2 Å². The lowest BCUT2D eigenvalue weighted by atomic mass is 10.3. The number of rotatable bonds is 3. The number of ether oxygens (including phenoxy) is 1. The molecule has 0 heterocycles. The minimum atomic E-state index is 0.667. The molecule has 0 aliphatic carbocycles. The summed E-state index contributed by atoms with van der Waals surface area (Å²) in [7, 11) is 0. The van der Waals surface area contributed by atoms with Crippen LogP contribution in [0.3, 0.4) is 0 Å². The van der Waals surface area contributed by atoms with E-state index >= 15 is 0 Å². The zero-order valence-corrected chi connectivity index (χ0v) is 5.84. The van der Waals surface area contributed by atoms with Gasteiger partial charge >= 0.3 is 0 Å². The van der Waals surface area contributed by atoms with Crippen LogP contribution in [0.25, 0.3) is 0 Å². The largest absolute Gasteiger partial charge is 0.493 e. The highest BCUT2D eigenvalue weighted by atomic mass is 16.5. The molecular formula is C9H10O. The molecule has 10 heavy (non-hydrogen) atoms. The third kappa shape index (κ3) is 2.09. The van der Waals surface area contributed by atoms with Crippen molar-refractivity contribution in [3.63, 3.8) is 0 Å². The van der Waals surface area contributed by atoms with Crippen LogP contribution in [0.15, 0.2) is 24.3 Å². The molecule has 0 aliphatic rings. The second-order valence-corrected chi connectivity index (χ2v) is 1.93. The zero-order chi connectivity index (χ0) is 7.23. The number of benzene rings is 1. The minimum absolute atomic E-state index is 0.667. The van der Waals surface area contributed by atoms with Crippen molar-refractivity contribution in [3.05, 3.63) is 37.3 Å². The first-order valence-corrected chi connectivity index (χ1v) is 3.32. The first-order valence-electron chi connectivity index (χ1n) is 3.32. The summed E-state index contributed by atoms with van der Waals surface area (Å²) >= 11 is 0. The van der Waals surface area contributed by atoms with Crippen molar-refractivity contribution in [3.8, 4) is 5.75 Å². The van der Waals surface area contributed by atoms with Gasteiger partial charge in [0.05, 0.1) is 6.61 Å². The second kappa shape index (κ2) is 3.94. The molecule has 1 heteroatoms. The van der Waals surface area contributed by atoms with Gasteiger partial charge < -0.3 is 4.74 Å². The molecule has 1 rings (SSSR count). The Labute approximate surface area is 61.6 Å². The van der Waals surface area contributed by atoms with E-state index in [1.54, 1.807) is 0 Å². The highest BCUT2D eigenvalue weighted by Crippen LogP contribution is 2.06. The number of hydrogen-bond acceptors (Lipinski definition) is 1. The predicted octanol–water partition coefficient (Wildman–Crippen LogP) is 2.09. The molecule has 1 aromatic carbocycles. The van der Waals surface area contributed by atoms with E-state index < -0.39 is 0 Å². The van der Waals surface area contributed by atoms with Crippen LogP contribution in [0.1, 0.15) is 6.42 Å². The van der Waals surface area contributed by atoms with Gasteiger partial charge in [-0.3, -0.25) is 0 Å². The fraction of sp³-hybridized carbons (Fsp3) is 0.222. The summed E-state index contributed by atoms with van der Waals surface area (Å²) in [6.45, 7) is 4.33. The maximum atomic E-state index is 5.24. The van der Waals surface area contributed by atoms with E-state index in [0.29, 0.717) is 6.61 Å². The summed E-state index contributed by atoms with van der Waals surface area (Å²) in [5.41, 5.74) is 0. The Morgan fingerprint density at radius 1 is 1.50 bits per heavy atom. The van der Waals surface area contributed by atoms with E-state index in [2.05, 4.69) is 13.0 Å². The quantitative estimate of drug-likeness (QED) is 0.615. The summed E-state index contributed by atoms with van der Waals surface area (Å²) in [6, 6.07) is 10.5. The molecular weight excluding hydrogens is 124 g/mol. The molecule has 0 spiro atoms. The number of para-hydroxylation sites is 1. The van der Waals surface area contributed by atoms with Crippen LogP contribution in [0.4, 0.5) is 0 Å². The van der Waals surface area contributed by atoms with Crippen LogP contribution >= 0.6 is 0 Å². The van der Waals surface area contributed by atoms with Gasteiger partial charge in [-0.1, -0.05) is 18.2 Å². The highest BCUT2D eigenvalue weighted by Gasteiger charge is 1.87. The molecule has 0 unspecified atom stereocenters. The van der Waals surface area contributed by atoms with E-state index in [4.69, 9.17) is 4.74 Å². The lowest BCUT2D eigenvalue weighted by Crippen LogP contribution is -1.93. The van der Waals surface area contributed by atoms with Crippen molar-refractivity contribution in [2.45, 2.75) is 6.42 Å². The van der Waals surface area contributed by atoms with Gasteiger partial charge in [0, 0.05) is 6.07 Å². The van der Waals surface area contributed by atoms with Gasteiger partial charge in [0.25, 0.3) is 0 Å². The van der Waals surface area contributed by atoms with Crippen LogP contribution < -0.4 is 4.74 Å². The summed E-state index contributed by atoms with van der Waals surface area (Å²) in [5, 5.41) is 0.